The van der Waals surface area contributed by atoms with Crippen molar-refractivity contribution in [1.82, 2.24) is 9.80 Å². The summed E-state index contributed by atoms with van der Waals surface area (Å²) < 4.78 is 5.21. The van der Waals surface area contributed by atoms with E-state index in [1.165, 1.54) is 9.80 Å². The number of ether oxygens (including phenoxy) is 1. The number of likely N-dealkylation sites (N-methyl/N-ethyl adjacent to an activating group) is 1. The predicted molar refractivity (Wildman–Crippen MR) is 61.1 cm³/mol. The van der Waals surface area contributed by atoms with Crippen LogP contribution in [0.5, 0.6) is 0 Å². The summed E-state index contributed by atoms with van der Waals surface area (Å²) in [6.45, 7) is 1.18. The smallest absolute Gasteiger partial charge is 0.326 e. The number of nitrogens with zero attached hydrogens (tertiary/aromatic N) is 2. The van der Waals surface area contributed by atoms with Crippen LogP contribution in [0, 0.1) is 0 Å². The lowest BCUT2D eigenvalue weighted by molar-refractivity contribution is -0.141. The Morgan fingerprint density at radius 2 is 2.17 bits per heavy atom. The maximum atomic E-state index is 12.2. The summed E-state index contributed by atoms with van der Waals surface area (Å²) in [5.74, 6) is -1.07. The zero-order chi connectivity index (χ0) is 13.3. The van der Waals surface area contributed by atoms with Crippen molar-refractivity contribution in [2.45, 2.75) is 31.0 Å². The molecule has 0 saturated carbocycles. The molecule has 2 unspecified atom stereocenters. The molecule has 0 aromatic carbocycles. The number of aliphatic carboxylic acids is 1. The first-order valence-corrected chi connectivity index (χ1v) is 6.02. The Hall–Kier alpha value is -1.34. The molecule has 2 N–H and O–H groups in total. The van der Waals surface area contributed by atoms with E-state index < -0.39 is 18.1 Å². The Labute approximate surface area is 105 Å². The van der Waals surface area contributed by atoms with Crippen molar-refractivity contribution in [2.75, 3.05) is 26.8 Å². The molecule has 0 bridgehead atoms. The first-order chi connectivity index (χ1) is 8.50. The summed E-state index contributed by atoms with van der Waals surface area (Å²) in [5, 5.41) is 18.6. The van der Waals surface area contributed by atoms with E-state index >= 15 is 0 Å². The fourth-order valence-corrected chi connectivity index (χ4v) is 2.45. The molecule has 0 aromatic heterocycles. The number of β-amino-alcohol motifs (C(OH)–C–C–N with tert-alkyl or cyclic N) is 1. The fraction of sp³-hybridized carbons (Fsp3) is 0.818. The number of carbonyl (C=O) groups is 2. The van der Waals surface area contributed by atoms with Crippen LogP contribution >= 0.6 is 0 Å². The summed E-state index contributed by atoms with van der Waals surface area (Å²) in [4.78, 5) is 26.0. The summed E-state index contributed by atoms with van der Waals surface area (Å²) in [6, 6.07) is -1.29. The predicted octanol–water partition coefficient (Wildman–Crippen LogP) is -0.653. The molecule has 2 amide bonds. The van der Waals surface area contributed by atoms with Crippen molar-refractivity contribution in [3.05, 3.63) is 0 Å². The molecule has 102 valence electrons. The van der Waals surface area contributed by atoms with E-state index in [4.69, 9.17) is 9.84 Å². The summed E-state index contributed by atoms with van der Waals surface area (Å²) in [7, 11) is 1.64. The van der Waals surface area contributed by atoms with Crippen LogP contribution < -0.4 is 0 Å². The Kier molecular flexibility index (Phi) is 3.72. The Balaban J connectivity index is 2.04. The lowest BCUT2D eigenvalue weighted by atomic mass is 10.2. The molecule has 0 aliphatic carbocycles. The van der Waals surface area contributed by atoms with Crippen LogP contribution in [0.1, 0.15) is 12.8 Å². The van der Waals surface area contributed by atoms with Crippen molar-refractivity contribution in [3.8, 4) is 0 Å². The molecule has 2 aliphatic rings. The second-order valence-electron chi connectivity index (χ2n) is 4.81. The van der Waals surface area contributed by atoms with Gasteiger partial charge in [0.05, 0.1) is 18.8 Å². The lowest BCUT2D eigenvalue weighted by Gasteiger charge is -2.30. The van der Waals surface area contributed by atoms with Crippen LogP contribution in [0.25, 0.3) is 0 Å². The van der Waals surface area contributed by atoms with E-state index in [1.807, 2.05) is 0 Å². The zero-order valence-corrected chi connectivity index (χ0v) is 10.3. The number of aliphatic hydroxyl groups is 1. The average Bonchev–Trinajstić information content (AvgIpc) is 2.95. The van der Waals surface area contributed by atoms with Crippen molar-refractivity contribution >= 4 is 12.0 Å². The fourth-order valence-electron chi connectivity index (χ4n) is 2.45. The second kappa shape index (κ2) is 5.11. The van der Waals surface area contributed by atoms with Gasteiger partial charge in [0.2, 0.25) is 0 Å². The van der Waals surface area contributed by atoms with E-state index in [-0.39, 0.29) is 25.0 Å². The Morgan fingerprint density at radius 3 is 2.72 bits per heavy atom. The van der Waals surface area contributed by atoms with Gasteiger partial charge in [0.25, 0.3) is 0 Å². The number of amides is 2. The third-order valence-electron chi connectivity index (χ3n) is 3.56. The summed E-state index contributed by atoms with van der Waals surface area (Å²) >= 11 is 0. The van der Waals surface area contributed by atoms with Gasteiger partial charge in [-0.05, 0) is 6.42 Å². The van der Waals surface area contributed by atoms with Crippen LogP contribution in [0.3, 0.4) is 0 Å². The first kappa shape index (κ1) is 13.1. The van der Waals surface area contributed by atoms with Gasteiger partial charge in [-0.1, -0.05) is 0 Å². The number of likely N-dealkylation sites (tertiary alicyclic amines) is 1. The van der Waals surface area contributed by atoms with Gasteiger partial charge < -0.3 is 24.7 Å². The molecule has 2 fully saturated rings. The van der Waals surface area contributed by atoms with Gasteiger partial charge in [-0.25, -0.2) is 9.59 Å². The molecule has 7 heteroatoms. The number of hydrogen-bond acceptors (Lipinski definition) is 4. The second-order valence-corrected chi connectivity index (χ2v) is 4.81. The molecule has 2 aliphatic heterocycles. The molecule has 0 aromatic rings. The number of carboxylic acids is 1. The minimum Gasteiger partial charge on any atom is -0.480 e. The minimum atomic E-state index is -1.07. The van der Waals surface area contributed by atoms with Crippen LogP contribution in [0.15, 0.2) is 0 Å². The third-order valence-corrected chi connectivity index (χ3v) is 3.56. The van der Waals surface area contributed by atoms with Crippen molar-refractivity contribution < 1.29 is 24.5 Å². The number of hydrogen-bond donors (Lipinski definition) is 2. The number of carboxylic acid groups (broad SMARTS) is 1. The zero-order valence-electron chi connectivity index (χ0n) is 10.3. The number of aliphatic hydroxyl groups excluding tert-OH is 1. The van der Waals surface area contributed by atoms with E-state index in [9.17, 15) is 14.7 Å². The van der Waals surface area contributed by atoms with Gasteiger partial charge in [0.1, 0.15) is 6.04 Å². The summed E-state index contributed by atoms with van der Waals surface area (Å²) in [5.41, 5.74) is 0. The molecule has 0 radical (unpaired) electrons. The quantitative estimate of drug-likeness (QED) is 0.686. The normalized spacial score (nSPS) is 31.7. The van der Waals surface area contributed by atoms with Crippen molar-refractivity contribution in [1.29, 1.82) is 0 Å². The van der Waals surface area contributed by atoms with Crippen molar-refractivity contribution in [2.24, 2.45) is 0 Å². The van der Waals surface area contributed by atoms with Gasteiger partial charge in [-0.3, -0.25) is 0 Å². The van der Waals surface area contributed by atoms with Gasteiger partial charge in [-0.15, -0.1) is 0 Å². The highest BCUT2D eigenvalue weighted by atomic mass is 16.5. The molecule has 2 saturated heterocycles. The largest absolute Gasteiger partial charge is 0.480 e. The number of carbonyl (C=O) groups excluding carboxylic acids is 1. The standard InChI is InChI=1S/C11H18N2O5/c1-12(7-2-3-18-6-7)11(17)13-5-8(14)4-9(13)10(15)16/h7-9,14H,2-6H2,1H3,(H,15,16)/t7?,8?,9-/m0/s1. The van der Waals surface area contributed by atoms with Crippen LogP contribution in [0.4, 0.5) is 4.79 Å². The van der Waals surface area contributed by atoms with E-state index in [2.05, 4.69) is 0 Å². The van der Waals surface area contributed by atoms with E-state index in [0.29, 0.717) is 13.2 Å². The molecule has 0 spiro atoms. The molecule has 18 heavy (non-hydrogen) atoms. The monoisotopic (exact) mass is 258 g/mol. The van der Waals surface area contributed by atoms with Crippen LogP contribution in [-0.4, -0.2) is 77.0 Å². The van der Waals surface area contributed by atoms with Gasteiger partial charge in [0, 0.05) is 26.6 Å². The van der Waals surface area contributed by atoms with Crippen LogP contribution in [-0.2, 0) is 9.53 Å². The van der Waals surface area contributed by atoms with E-state index in [0.717, 1.165) is 6.42 Å². The highest BCUT2D eigenvalue weighted by Gasteiger charge is 2.41. The van der Waals surface area contributed by atoms with Gasteiger partial charge >= 0.3 is 12.0 Å². The lowest BCUT2D eigenvalue weighted by Crippen LogP contribution is -2.50. The molecular formula is C11H18N2O5. The van der Waals surface area contributed by atoms with Gasteiger partial charge in [-0.2, -0.15) is 0 Å². The maximum absolute atomic E-state index is 12.2. The Bertz CT molecular complexity index is 342. The minimum absolute atomic E-state index is 0.00955. The Morgan fingerprint density at radius 1 is 1.44 bits per heavy atom. The van der Waals surface area contributed by atoms with E-state index in [1.54, 1.807) is 7.05 Å². The number of rotatable bonds is 2. The van der Waals surface area contributed by atoms with Crippen LogP contribution in [0.2, 0.25) is 0 Å². The highest BCUT2D eigenvalue weighted by molar-refractivity contribution is 5.83. The third kappa shape index (κ3) is 2.41. The average molecular weight is 258 g/mol. The first-order valence-electron chi connectivity index (χ1n) is 6.02. The molecular weight excluding hydrogens is 240 g/mol. The molecule has 7 nitrogen and oxygen atoms in total. The maximum Gasteiger partial charge on any atom is 0.326 e. The number of urea groups is 1. The van der Waals surface area contributed by atoms with Gasteiger partial charge in [0.15, 0.2) is 0 Å². The topological polar surface area (TPSA) is 90.3 Å². The SMILES string of the molecule is CN(C(=O)N1CC(O)C[C@H]1C(=O)O)C1CCOC1. The molecule has 3 atom stereocenters. The highest BCUT2D eigenvalue weighted by Crippen LogP contribution is 2.21. The molecule has 2 heterocycles. The summed E-state index contributed by atoms with van der Waals surface area (Å²) in [6.07, 6.45) is 0.0928. The van der Waals surface area contributed by atoms with Crippen molar-refractivity contribution in [3.63, 3.8) is 0 Å². The molecule has 2 rings (SSSR count).